The monoisotopic (exact) mass is 806 g/mol. The average molecular weight is 807 g/mol. The molecule has 0 aliphatic heterocycles. The van der Waals surface area contributed by atoms with Gasteiger partial charge in [0.1, 0.15) is 11.2 Å². The molecule has 1 nitrogen and oxygen atoms in total. The molecule has 13 rings (SSSR count). The van der Waals surface area contributed by atoms with Gasteiger partial charge in [0.05, 0.1) is 0 Å². The topological polar surface area (TPSA) is 13.1 Å². The number of rotatable bonds is 6. The van der Waals surface area contributed by atoms with Crippen LogP contribution in [-0.4, -0.2) is 0 Å². The van der Waals surface area contributed by atoms with Gasteiger partial charge in [0.15, 0.2) is 0 Å². The van der Waals surface area contributed by atoms with Crippen LogP contribution in [0.25, 0.3) is 120 Å². The third-order valence-corrected chi connectivity index (χ3v) is 14.6. The summed E-state index contributed by atoms with van der Waals surface area (Å²) in [6.07, 6.45) is 4.81. The van der Waals surface area contributed by atoms with Gasteiger partial charge in [0, 0.05) is 21.6 Å². The maximum Gasteiger partial charge on any atom is 0.143 e. The summed E-state index contributed by atoms with van der Waals surface area (Å²) in [6.45, 7) is 7.06. The molecule has 1 heterocycles. The largest absolute Gasteiger partial charge is 0.455 e. The van der Waals surface area contributed by atoms with Gasteiger partial charge in [-0.15, -0.1) is 0 Å². The molecule has 0 atom stereocenters. The lowest BCUT2D eigenvalue weighted by Gasteiger charge is -2.24. The van der Waals surface area contributed by atoms with E-state index in [1.165, 1.54) is 134 Å². The van der Waals surface area contributed by atoms with Gasteiger partial charge in [0.25, 0.3) is 0 Å². The van der Waals surface area contributed by atoms with Crippen molar-refractivity contribution in [1.29, 1.82) is 0 Å². The minimum absolute atomic E-state index is 0.124. The van der Waals surface area contributed by atoms with E-state index in [1.807, 2.05) is 0 Å². The van der Waals surface area contributed by atoms with E-state index in [0.717, 1.165) is 28.4 Å². The molecule has 11 aromatic carbocycles. The zero-order chi connectivity index (χ0) is 42.0. The van der Waals surface area contributed by atoms with Crippen LogP contribution >= 0.6 is 0 Å². The van der Waals surface area contributed by atoms with Gasteiger partial charge in [-0.3, -0.25) is 0 Å². The Morgan fingerprint density at radius 1 is 0.397 bits per heavy atom. The van der Waals surface area contributed by atoms with Crippen molar-refractivity contribution < 1.29 is 4.42 Å². The summed E-state index contributed by atoms with van der Waals surface area (Å²) in [5.74, 6) is 0. The lowest BCUT2D eigenvalue weighted by atomic mass is 9.79. The second-order valence-corrected chi connectivity index (χ2v) is 18.5. The molecule has 0 spiro atoms. The average Bonchev–Trinajstić information content (AvgIpc) is 3.81. The summed E-state index contributed by atoms with van der Waals surface area (Å²) in [7, 11) is 0. The van der Waals surface area contributed by atoms with Gasteiger partial charge in [-0.25, -0.2) is 0 Å². The Morgan fingerprint density at radius 3 is 1.68 bits per heavy atom. The number of benzene rings is 11. The number of aryl methyl sites for hydroxylation is 1. The Balaban J connectivity index is 1.06. The number of fused-ring (bicyclic) bond motifs is 17. The Hall–Kier alpha value is -7.22. The summed E-state index contributed by atoms with van der Waals surface area (Å²) < 4.78 is 6.99. The number of unbranched alkanes of at least 4 members (excludes halogenated alkanes) is 2. The van der Waals surface area contributed by atoms with Crippen LogP contribution in [0, 0.1) is 0 Å². The molecule has 0 N–H and O–H groups in total. The van der Waals surface area contributed by atoms with Gasteiger partial charge in [-0.05, 0) is 146 Å². The highest BCUT2D eigenvalue weighted by atomic mass is 16.3. The maximum atomic E-state index is 6.99. The summed E-state index contributed by atoms with van der Waals surface area (Å²) in [4.78, 5) is 0. The van der Waals surface area contributed by atoms with Crippen LogP contribution < -0.4 is 0 Å². The van der Waals surface area contributed by atoms with Crippen LogP contribution in [0.2, 0.25) is 0 Å². The maximum absolute atomic E-state index is 6.99. The highest BCUT2D eigenvalue weighted by Crippen LogP contribution is 2.55. The molecule has 0 saturated heterocycles. The molecule has 0 fully saturated rings. The quantitative estimate of drug-likeness (QED) is 0.0927. The van der Waals surface area contributed by atoms with Crippen molar-refractivity contribution in [3.8, 4) is 33.4 Å². The zero-order valence-electron chi connectivity index (χ0n) is 36.0. The second-order valence-electron chi connectivity index (χ2n) is 18.5. The van der Waals surface area contributed by atoms with Crippen LogP contribution in [0.1, 0.15) is 56.7 Å². The summed E-state index contributed by atoms with van der Waals surface area (Å²) in [6, 6.07) is 66.3. The molecule has 12 aromatic rings. The summed E-state index contributed by atoms with van der Waals surface area (Å²) in [5.41, 5.74) is 13.7. The van der Waals surface area contributed by atoms with E-state index in [-0.39, 0.29) is 5.41 Å². The molecular formula is C62H46O. The molecule has 0 amide bonds. The van der Waals surface area contributed by atoms with Gasteiger partial charge in [-0.1, -0.05) is 185 Å². The second kappa shape index (κ2) is 13.6. The molecule has 0 radical (unpaired) electrons. The molecule has 63 heavy (non-hydrogen) atoms. The van der Waals surface area contributed by atoms with E-state index < -0.39 is 0 Å². The Bertz CT molecular complexity index is 3840. The summed E-state index contributed by atoms with van der Waals surface area (Å²) in [5, 5.41) is 17.5. The molecule has 1 aliphatic carbocycles. The van der Waals surface area contributed by atoms with Crippen molar-refractivity contribution in [1.82, 2.24) is 0 Å². The van der Waals surface area contributed by atoms with Gasteiger partial charge in [-0.2, -0.15) is 0 Å². The van der Waals surface area contributed by atoms with E-state index in [2.05, 4.69) is 197 Å². The minimum Gasteiger partial charge on any atom is -0.455 e. The van der Waals surface area contributed by atoms with Crippen LogP contribution in [0.4, 0.5) is 0 Å². The molecule has 0 bridgehead atoms. The number of hydrogen-bond acceptors (Lipinski definition) is 1. The van der Waals surface area contributed by atoms with Crippen molar-refractivity contribution in [2.24, 2.45) is 0 Å². The first-order valence-corrected chi connectivity index (χ1v) is 22.8. The first kappa shape index (κ1) is 36.4. The van der Waals surface area contributed by atoms with E-state index >= 15 is 0 Å². The van der Waals surface area contributed by atoms with Crippen molar-refractivity contribution in [2.75, 3.05) is 0 Å². The fourth-order valence-electron chi connectivity index (χ4n) is 11.7. The molecule has 0 unspecified atom stereocenters. The van der Waals surface area contributed by atoms with E-state index in [4.69, 9.17) is 4.42 Å². The van der Waals surface area contributed by atoms with E-state index in [1.54, 1.807) is 0 Å². The molecule has 1 aliphatic rings. The van der Waals surface area contributed by atoms with Crippen molar-refractivity contribution >= 4 is 86.6 Å². The summed E-state index contributed by atoms with van der Waals surface area (Å²) >= 11 is 0. The van der Waals surface area contributed by atoms with Crippen molar-refractivity contribution in [3.63, 3.8) is 0 Å². The number of hydrogen-bond donors (Lipinski definition) is 0. The molecule has 300 valence electrons. The zero-order valence-corrected chi connectivity index (χ0v) is 36.0. The van der Waals surface area contributed by atoms with Gasteiger partial charge >= 0.3 is 0 Å². The first-order valence-electron chi connectivity index (χ1n) is 22.8. The SMILES string of the molecule is CCCCCc1ccc2c(c1)c1ccccc1c1ccc3c4cc(-c5c6ccccc6c(-c6cc7c(c8ccccc68)-c6ccccc6C7(C)C)c6ccccc56)ccc4oc3c12. The third-order valence-electron chi connectivity index (χ3n) is 14.6. The van der Waals surface area contributed by atoms with Crippen LogP contribution in [0.3, 0.4) is 0 Å². The molecule has 1 aromatic heterocycles. The standard InChI is InChI=1S/C62H46O/c1-4-5-6-17-37-28-30-48-51(34-37)40-19-8-7-18-39(40)47-31-32-49-52-35-38(29-33-56(52)63-61(49)60(47)48)57-43-22-11-13-24-45(43)58(46-25-14-12-23-44(46)57)53-36-55-59(42-21-10-9-20-41(42)53)50-26-15-16-27-54(50)62(55,2)3/h7-16,18-36H,4-6,17H2,1-3H3. The Labute approximate surface area is 367 Å². The smallest absolute Gasteiger partial charge is 0.143 e. The van der Waals surface area contributed by atoms with Crippen LogP contribution in [0.15, 0.2) is 180 Å². The normalized spacial score (nSPS) is 13.4. The predicted octanol–water partition coefficient (Wildman–Crippen LogP) is 17.9. The van der Waals surface area contributed by atoms with Crippen molar-refractivity contribution in [3.05, 3.63) is 193 Å². The van der Waals surface area contributed by atoms with Crippen molar-refractivity contribution in [2.45, 2.75) is 51.9 Å². The predicted molar refractivity (Wildman–Crippen MR) is 270 cm³/mol. The lowest BCUT2D eigenvalue weighted by Crippen LogP contribution is -2.15. The highest BCUT2D eigenvalue weighted by molar-refractivity contribution is 6.33. The number of furan rings is 1. The third kappa shape index (κ3) is 5.17. The highest BCUT2D eigenvalue weighted by Gasteiger charge is 2.37. The Morgan fingerprint density at radius 2 is 0.968 bits per heavy atom. The van der Waals surface area contributed by atoms with Gasteiger partial charge < -0.3 is 4.42 Å². The Kier molecular flexibility index (Phi) is 7.89. The van der Waals surface area contributed by atoms with E-state index in [0.29, 0.717) is 0 Å². The van der Waals surface area contributed by atoms with Gasteiger partial charge in [0.2, 0.25) is 0 Å². The molecule has 1 heteroatoms. The minimum atomic E-state index is -0.124. The molecular weight excluding hydrogens is 761 g/mol. The van der Waals surface area contributed by atoms with E-state index in [9.17, 15) is 0 Å². The van der Waals surface area contributed by atoms with Crippen LogP contribution in [-0.2, 0) is 11.8 Å². The lowest BCUT2D eigenvalue weighted by molar-refractivity contribution is 0.661. The first-order chi connectivity index (χ1) is 31.0. The van der Waals surface area contributed by atoms with Crippen LogP contribution in [0.5, 0.6) is 0 Å². The molecule has 0 saturated carbocycles. The fraction of sp³-hybridized carbons (Fsp3) is 0.129. The fourth-order valence-corrected chi connectivity index (χ4v) is 11.7.